The number of benzene rings is 1. The van der Waals surface area contributed by atoms with E-state index < -0.39 is 0 Å². The monoisotopic (exact) mass is 282 g/mol. The van der Waals surface area contributed by atoms with E-state index in [4.69, 9.17) is 10.00 Å². The van der Waals surface area contributed by atoms with E-state index in [2.05, 4.69) is 27.3 Å². The highest BCUT2D eigenvalue weighted by Gasteiger charge is 2.05. The third kappa shape index (κ3) is 3.84. The van der Waals surface area contributed by atoms with Crippen LogP contribution in [0.3, 0.4) is 0 Å². The van der Waals surface area contributed by atoms with Crippen LogP contribution in [0.5, 0.6) is 0 Å². The molecule has 86 valence electrons. The van der Waals surface area contributed by atoms with Gasteiger partial charge >= 0.3 is 0 Å². The lowest BCUT2D eigenvalue weighted by Gasteiger charge is -2.14. The van der Waals surface area contributed by atoms with Gasteiger partial charge in [-0.1, -0.05) is 15.9 Å². The van der Waals surface area contributed by atoms with E-state index >= 15 is 0 Å². The summed E-state index contributed by atoms with van der Waals surface area (Å²) >= 11 is 3.38. The minimum atomic E-state index is 0.135. The van der Waals surface area contributed by atoms with Crippen LogP contribution in [0.2, 0.25) is 0 Å². The van der Waals surface area contributed by atoms with E-state index in [1.807, 2.05) is 26.0 Å². The minimum absolute atomic E-state index is 0.135. The minimum Gasteiger partial charge on any atom is -0.381 e. The predicted molar refractivity (Wildman–Crippen MR) is 68.4 cm³/mol. The summed E-state index contributed by atoms with van der Waals surface area (Å²) in [5, 5.41) is 12.2. The van der Waals surface area contributed by atoms with Crippen LogP contribution in [0.15, 0.2) is 22.7 Å². The maximum absolute atomic E-state index is 8.94. The second-order valence-electron chi connectivity index (χ2n) is 3.45. The third-order valence-corrected chi connectivity index (χ3v) is 2.63. The van der Waals surface area contributed by atoms with Crippen molar-refractivity contribution in [3.63, 3.8) is 0 Å². The Morgan fingerprint density at radius 1 is 1.56 bits per heavy atom. The van der Waals surface area contributed by atoms with Crippen molar-refractivity contribution < 1.29 is 4.74 Å². The number of nitrogens with zero attached hydrogens (tertiary/aromatic N) is 1. The van der Waals surface area contributed by atoms with Crippen LogP contribution in [0.1, 0.15) is 19.4 Å². The fourth-order valence-corrected chi connectivity index (χ4v) is 1.72. The van der Waals surface area contributed by atoms with Gasteiger partial charge in [0, 0.05) is 17.6 Å². The second kappa shape index (κ2) is 6.51. The number of rotatable bonds is 5. The van der Waals surface area contributed by atoms with Gasteiger partial charge in [0.25, 0.3) is 0 Å². The normalized spacial score (nSPS) is 11.9. The molecule has 0 spiro atoms. The molecule has 1 aromatic carbocycles. The van der Waals surface area contributed by atoms with Gasteiger partial charge in [-0.15, -0.1) is 0 Å². The van der Waals surface area contributed by atoms with Crippen molar-refractivity contribution >= 4 is 21.6 Å². The summed E-state index contributed by atoms with van der Waals surface area (Å²) in [6.07, 6.45) is 0.135. The Kier molecular flexibility index (Phi) is 5.30. The first kappa shape index (κ1) is 13.0. The fourth-order valence-electron chi connectivity index (χ4n) is 1.36. The Labute approximate surface area is 105 Å². The molecule has 0 aliphatic rings. The van der Waals surface area contributed by atoms with Gasteiger partial charge in [0.1, 0.15) is 6.07 Å². The summed E-state index contributed by atoms with van der Waals surface area (Å²) < 4.78 is 6.37. The van der Waals surface area contributed by atoms with Gasteiger partial charge in [0.05, 0.1) is 17.4 Å². The average molecular weight is 283 g/mol. The second-order valence-corrected chi connectivity index (χ2v) is 4.36. The largest absolute Gasteiger partial charge is 0.381 e. The molecule has 1 atom stereocenters. The van der Waals surface area contributed by atoms with Crippen LogP contribution in [-0.2, 0) is 4.74 Å². The molecule has 0 amide bonds. The zero-order valence-corrected chi connectivity index (χ0v) is 11.0. The summed E-state index contributed by atoms with van der Waals surface area (Å²) in [6, 6.07) is 7.70. The maximum atomic E-state index is 8.94. The molecule has 16 heavy (non-hydrogen) atoms. The molecule has 0 aliphatic heterocycles. The van der Waals surface area contributed by atoms with Crippen molar-refractivity contribution in [1.29, 1.82) is 5.26 Å². The summed E-state index contributed by atoms with van der Waals surface area (Å²) in [7, 11) is 0. The topological polar surface area (TPSA) is 45.0 Å². The van der Waals surface area contributed by atoms with Crippen molar-refractivity contribution in [3.05, 3.63) is 28.2 Å². The van der Waals surface area contributed by atoms with Gasteiger partial charge < -0.3 is 10.1 Å². The first-order chi connectivity index (χ1) is 7.67. The SMILES string of the molecule is CCOC(C)CNc1cc(Br)ccc1C#N. The summed E-state index contributed by atoms with van der Waals surface area (Å²) in [5.74, 6) is 0. The van der Waals surface area contributed by atoms with Crippen LogP contribution in [0.4, 0.5) is 5.69 Å². The van der Waals surface area contributed by atoms with Gasteiger partial charge in [-0.2, -0.15) is 5.26 Å². The van der Waals surface area contributed by atoms with Gasteiger partial charge in [0.15, 0.2) is 0 Å². The highest BCUT2D eigenvalue weighted by molar-refractivity contribution is 9.10. The molecule has 1 unspecified atom stereocenters. The molecule has 0 aliphatic carbocycles. The number of ether oxygens (including phenoxy) is 1. The molecule has 0 bridgehead atoms. The van der Waals surface area contributed by atoms with E-state index in [1.54, 1.807) is 6.07 Å². The number of nitrogens with one attached hydrogen (secondary N) is 1. The van der Waals surface area contributed by atoms with Gasteiger partial charge in [-0.25, -0.2) is 0 Å². The molecular weight excluding hydrogens is 268 g/mol. The smallest absolute Gasteiger partial charge is 0.101 e. The highest BCUT2D eigenvalue weighted by atomic mass is 79.9. The summed E-state index contributed by atoms with van der Waals surface area (Å²) in [4.78, 5) is 0. The van der Waals surface area contributed by atoms with Crippen LogP contribution in [0, 0.1) is 11.3 Å². The van der Waals surface area contributed by atoms with Gasteiger partial charge in [0.2, 0.25) is 0 Å². The van der Waals surface area contributed by atoms with E-state index in [0.717, 1.165) is 10.2 Å². The Balaban J connectivity index is 2.66. The van der Waals surface area contributed by atoms with Crippen LogP contribution in [-0.4, -0.2) is 19.3 Å². The van der Waals surface area contributed by atoms with Crippen molar-refractivity contribution in [2.24, 2.45) is 0 Å². The molecule has 0 heterocycles. The number of anilines is 1. The molecule has 1 N–H and O–H groups in total. The molecule has 4 heteroatoms. The Morgan fingerprint density at radius 2 is 2.31 bits per heavy atom. The van der Waals surface area contributed by atoms with E-state index in [9.17, 15) is 0 Å². The number of hydrogen-bond acceptors (Lipinski definition) is 3. The Bertz CT molecular complexity index is 387. The molecule has 0 aromatic heterocycles. The summed E-state index contributed by atoms with van der Waals surface area (Å²) in [5.41, 5.74) is 1.48. The first-order valence-corrected chi connectivity index (χ1v) is 6.01. The molecule has 0 fully saturated rings. The highest BCUT2D eigenvalue weighted by Crippen LogP contribution is 2.20. The van der Waals surface area contributed by atoms with E-state index in [1.165, 1.54) is 0 Å². The van der Waals surface area contributed by atoms with Crippen LogP contribution < -0.4 is 5.32 Å². The number of hydrogen-bond donors (Lipinski definition) is 1. The van der Waals surface area contributed by atoms with Crippen molar-refractivity contribution in [2.45, 2.75) is 20.0 Å². The molecule has 0 radical (unpaired) electrons. The standard InChI is InChI=1S/C12H15BrN2O/c1-3-16-9(2)8-15-12-6-11(13)5-4-10(12)7-14/h4-6,9,15H,3,8H2,1-2H3. The van der Waals surface area contributed by atoms with Gasteiger partial charge in [-0.3, -0.25) is 0 Å². The third-order valence-electron chi connectivity index (χ3n) is 2.13. The van der Waals surface area contributed by atoms with Crippen LogP contribution in [0.25, 0.3) is 0 Å². The fraction of sp³-hybridized carbons (Fsp3) is 0.417. The Hall–Kier alpha value is -1.05. The van der Waals surface area contributed by atoms with Crippen molar-refractivity contribution in [3.8, 4) is 6.07 Å². The number of halogens is 1. The zero-order chi connectivity index (χ0) is 12.0. The Morgan fingerprint density at radius 3 is 2.94 bits per heavy atom. The lowest BCUT2D eigenvalue weighted by Crippen LogP contribution is -2.20. The first-order valence-electron chi connectivity index (χ1n) is 5.22. The van der Waals surface area contributed by atoms with Gasteiger partial charge in [-0.05, 0) is 32.0 Å². The molecular formula is C12H15BrN2O. The molecule has 0 saturated heterocycles. The quantitative estimate of drug-likeness (QED) is 0.902. The number of nitriles is 1. The summed E-state index contributed by atoms with van der Waals surface area (Å²) in [6.45, 7) is 5.36. The van der Waals surface area contributed by atoms with Crippen molar-refractivity contribution in [1.82, 2.24) is 0 Å². The lowest BCUT2D eigenvalue weighted by molar-refractivity contribution is 0.0855. The molecule has 3 nitrogen and oxygen atoms in total. The van der Waals surface area contributed by atoms with E-state index in [-0.39, 0.29) is 6.10 Å². The predicted octanol–water partition coefficient (Wildman–Crippen LogP) is 3.16. The van der Waals surface area contributed by atoms with Crippen molar-refractivity contribution in [2.75, 3.05) is 18.5 Å². The lowest BCUT2D eigenvalue weighted by atomic mass is 10.2. The molecule has 1 aromatic rings. The van der Waals surface area contributed by atoms with E-state index in [0.29, 0.717) is 18.7 Å². The molecule has 0 saturated carbocycles. The zero-order valence-electron chi connectivity index (χ0n) is 9.46. The average Bonchev–Trinajstić information content (AvgIpc) is 2.27. The maximum Gasteiger partial charge on any atom is 0.101 e. The molecule has 1 rings (SSSR count). The van der Waals surface area contributed by atoms with Crippen LogP contribution >= 0.6 is 15.9 Å².